The Balaban J connectivity index is 1.81. The van der Waals surface area contributed by atoms with E-state index in [1.807, 2.05) is 37.4 Å². The normalized spacial score (nSPS) is 17.8. The maximum Gasteiger partial charge on any atom is 0.335 e. The second-order valence-electron chi connectivity index (χ2n) is 9.45. The van der Waals surface area contributed by atoms with Crippen molar-refractivity contribution in [1.29, 1.82) is 0 Å². The minimum atomic E-state index is -0.929. The molecule has 35 heavy (non-hydrogen) atoms. The number of carbonyl (C=O) groups is 1. The molecule has 2 atom stereocenters. The summed E-state index contributed by atoms with van der Waals surface area (Å²) < 4.78 is 2.16. The quantitative estimate of drug-likeness (QED) is 0.452. The summed E-state index contributed by atoms with van der Waals surface area (Å²) in [7, 11) is 4.16. The number of thiocarbonyl (C=S) groups is 1. The third-order valence-electron chi connectivity index (χ3n) is 6.69. The van der Waals surface area contributed by atoms with Crippen LogP contribution in [0.25, 0.3) is 5.69 Å². The fraction of sp³-hybridized carbons (Fsp3) is 0.370. The molecular formula is C27H33N5O2S. The average molecular weight is 492 g/mol. The highest BCUT2D eigenvalue weighted by Crippen LogP contribution is 2.41. The van der Waals surface area contributed by atoms with E-state index in [1.54, 1.807) is 12.1 Å². The second kappa shape index (κ2) is 10.2. The summed E-state index contributed by atoms with van der Waals surface area (Å²) in [5.41, 5.74) is 6.41. The summed E-state index contributed by atoms with van der Waals surface area (Å²) in [4.78, 5) is 20.8. The molecule has 0 radical (unpaired) electrons. The van der Waals surface area contributed by atoms with Crippen LogP contribution in [0.1, 0.15) is 57.1 Å². The van der Waals surface area contributed by atoms with E-state index < -0.39 is 5.97 Å². The van der Waals surface area contributed by atoms with Crippen molar-refractivity contribution in [2.75, 3.05) is 27.2 Å². The molecular weight excluding hydrogens is 458 g/mol. The number of hydrogen-bond donors (Lipinski definition) is 2. The highest BCUT2D eigenvalue weighted by atomic mass is 32.1. The zero-order valence-corrected chi connectivity index (χ0v) is 21.8. The van der Waals surface area contributed by atoms with Crippen molar-refractivity contribution in [2.24, 2.45) is 0 Å². The van der Waals surface area contributed by atoms with E-state index >= 15 is 0 Å². The van der Waals surface area contributed by atoms with Gasteiger partial charge in [0, 0.05) is 29.8 Å². The van der Waals surface area contributed by atoms with Gasteiger partial charge < -0.3 is 24.8 Å². The summed E-state index contributed by atoms with van der Waals surface area (Å²) >= 11 is 5.82. The van der Waals surface area contributed by atoms with E-state index in [2.05, 4.69) is 58.7 Å². The highest BCUT2D eigenvalue weighted by molar-refractivity contribution is 7.80. The van der Waals surface area contributed by atoms with Gasteiger partial charge in [0.15, 0.2) is 5.11 Å². The Kier molecular flexibility index (Phi) is 7.23. The van der Waals surface area contributed by atoms with Gasteiger partial charge in [0.2, 0.25) is 0 Å². The van der Waals surface area contributed by atoms with Crippen LogP contribution in [0.5, 0.6) is 0 Å². The first kappa shape index (κ1) is 24.9. The number of hydrogen-bond acceptors (Lipinski definition) is 4. The number of carboxylic acid groups (broad SMARTS) is 1. The Morgan fingerprint density at radius 1 is 1.17 bits per heavy atom. The highest BCUT2D eigenvalue weighted by Gasteiger charge is 2.41. The van der Waals surface area contributed by atoms with Crippen LogP contribution in [0.3, 0.4) is 0 Å². The molecule has 0 amide bonds. The molecule has 7 nitrogen and oxygen atoms in total. The zero-order valence-electron chi connectivity index (χ0n) is 20.9. The number of aryl methyl sites for hydroxylation is 2. The first-order valence-corrected chi connectivity index (χ1v) is 12.3. The molecule has 1 aliphatic rings. The zero-order chi connectivity index (χ0) is 25.3. The lowest BCUT2D eigenvalue weighted by atomic mass is 9.96. The van der Waals surface area contributed by atoms with Crippen molar-refractivity contribution in [3.05, 3.63) is 82.4 Å². The molecule has 0 bridgehead atoms. The number of nitrogens with zero attached hydrogens (tertiary/aromatic N) is 4. The molecule has 1 saturated heterocycles. The van der Waals surface area contributed by atoms with Crippen molar-refractivity contribution in [1.82, 2.24) is 24.7 Å². The number of nitrogens with one attached hydrogen (secondary N) is 1. The second-order valence-corrected chi connectivity index (χ2v) is 9.83. The van der Waals surface area contributed by atoms with Crippen molar-refractivity contribution >= 4 is 23.3 Å². The molecule has 3 aromatic rings. The Hall–Kier alpha value is -3.23. The Labute approximate surface area is 212 Å². The lowest BCUT2D eigenvalue weighted by Crippen LogP contribution is -2.32. The summed E-state index contributed by atoms with van der Waals surface area (Å²) in [5.74, 6) is -0.929. The fourth-order valence-corrected chi connectivity index (χ4v) is 5.32. The molecule has 3 heterocycles. The predicted octanol–water partition coefficient (Wildman–Crippen LogP) is 4.42. The number of rotatable bonds is 8. The molecule has 2 aromatic heterocycles. The Morgan fingerprint density at radius 2 is 1.94 bits per heavy atom. The monoisotopic (exact) mass is 491 g/mol. The Bertz CT molecular complexity index is 1240. The number of aromatic nitrogens is 2. The minimum absolute atomic E-state index is 0.0255. The smallest absolute Gasteiger partial charge is 0.335 e. The van der Waals surface area contributed by atoms with E-state index in [0.717, 1.165) is 58.5 Å². The molecule has 0 unspecified atom stereocenters. The minimum Gasteiger partial charge on any atom is -0.478 e. The van der Waals surface area contributed by atoms with E-state index in [9.17, 15) is 9.90 Å². The van der Waals surface area contributed by atoms with Crippen LogP contribution in [-0.4, -0.2) is 62.7 Å². The van der Waals surface area contributed by atoms with Crippen LogP contribution in [0.4, 0.5) is 0 Å². The topological polar surface area (TPSA) is 73.6 Å². The van der Waals surface area contributed by atoms with Crippen molar-refractivity contribution in [2.45, 2.75) is 39.3 Å². The summed E-state index contributed by atoms with van der Waals surface area (Å²) in [6.45, 7) is 7.98. The van der Waals surface area contributed by atoms with Gasteiger partial charge in [0.1, 0.15) is 0 Å². The van der Waals surface area contributed by atoms with Crippen LogP contribution >= 0.6 is 12.2 Å². The molecule has 2 N–H and O–H groups in total. The van der Waals surface area contributed by atoms with Gasteiger partial charge in [0.05, 0.1) is 23.3 Å². The first-order chi connectivity index (χ1) is 16.7. The van der Waals surface area contributed by atoms with Crippen LogP contribution < -0.4 is 5.32 Å². The van der Waals surface area contributed by atoms with Crippen molar-refractivity contribution < 1.29 is 9.90 Å². The maximum absolute atomic E-state index is 11.7. The SMILES string of the molecule is Cc1ccc(C(=O)O)cc1-n1c(C)cc([C@@H]2[C@H](c3ccccn3)NC(=S)N2CCCN(C)C)c1C. The standard InChI is InChI=1S/C27H33N5O2S/c1-17-10-11-20(26(33)34)16-23(17)32-18(2)15-21(19(32)3)25-24(22-9-6-7-12-28-22)29-27(35)31(25)14-8-13-30(4)5/h6-7,9-12,15-16,24-25H,8,13-14H2,1-5H3,(H,29,35)(H,33,34)/t24-,25+/m0/s1. The molecule has 1 aliphatic heterocycles. The number of benzene rings is 1. The van der Waals surface area contributed by atoms with E-state index in [0.29, 0.717) is 0 Å². The van der Waals surface area contributed by atoms with Gasteiger partial charge >= 0.3 is 5.97 Å². The molecule has 1 aromatic carbocycles. The van der Waals surface area contributed by atoms with Crippen LogP contribution in [0.15, 0.2) is 48.7 Å². The van der Waals surface area contributed by atoms with Crippen molar-refractivity contribution in [3.63, 3.8) is 0 Å². The van der Waals surface area contributed by atoms with Gasteiger partial charge in [-0.05, 0) is 102 Å². The molecule has 184 valence electrons. The van der Waals surface area contributed by atoms with Gasteiger partial charge in [-0.15, -0.1) is 0 Å². The number of pyridine rings is 1. The largest absolute Gasteiger partial charge is 0.478 e. The predicted molar refractivity (Wildman–Crippen MR) is 142 cm³/mol. The van der Waals surface area contributed by atoms with Gasteiger partial charge in [-0.2, -0.15) is 0 Å². The van der Waals surface area contributed by atoms with Crippen molar-refractivity contribution in [3.8, 4) is 5.69 Å². The van der Waals surface area contributed by atoms with Gasteiger partial charge in [-0.1, -0.05) is 12.1 Å². The van der Waals surface area contributed by atoms with E-state index in [1.165, 1.54) is 0 Å². The van der Waals surface area contributed by atoms with E-state index in [-0.39, 0.29) is 17.6 Å². The lowest BCUT2D eigenvalue weighted by Gasteiger charge is -2.28. The number of carboxylic acids is 1. The Morgan fingerprint density at radius 3 is 2.60 bits per heavy atom. The summed E-state index contributed by atoms with van der Waals surface area (Å²) in [6, 6.07) is 13.3. The van der Waals surface area contributed by atoms with E-state index in [4.69, 9.17) is 12.2 Å². The third kappa shape index (κ3) is 4.94. The molecule has 0 saturated carbocycles. The molecule has 0 spiro atoms. The van der Waals surface area contributed by atoms with Crippen LogP contribution in [0.2, 0.25) is 0 Å². The van der Waals surface area contributed by atoms with Crippen LogP contribution in [-0.2, 0) is 0 Å². The summed E-state index contributed by atoms with van der Waals surface area (Å²) in [5, 5.41) is 13.8. The maximum atomic E-state index is 11.7. The first-order valence-electron chi connectivity index (χ1n) is 11.8. The fourth-order valence-electron chi connectivity index (χ4n) is 4.98. The molecule has 8 heteroatoms. The average Bonchev–Trinajstić information content (AvgIpc) is 3.29. The van der Waals surface area contributed by atoms with Gasteiger partial charge in [0.25, 0.3) is 0 Å². The lowest BCUT2D eigenvalue weighted by molar-refractivity contribution is 0.0697. The molecule has 1 fully saturated rings. The summed E-state index contributed by atoms with van der Waals surface area (Å²) in [6.07, 6.45) is 2.80. The third-order valence-corrected chi connectivity index (χ3v) is 7.04. The van der Waals surface area contributed by atoms with Crippen LogP contribution in [0, 0.1) is 20.8 Å². The molecule has 0 aliphatic carbocycles. The van der Waals surface area contributed by atoms with Gasteiger partial charge in [-0.25, -0.2) is 4.79 Å². The number of aromatic carboxylic acids is 1. The van der Waals surface area contributed by atoms with Gasteiger partial charge in [-0.3, -0.25) is 4.98 Å². The molecule has 4 rings (SSSR count).